The van der Waals surface area contributed by atoms with Crippen molar-refractivity contribution in [2.24, 2.45) is 0 Å². The van der Waals surface area contributed by atoms with Crippen LogP contribution < -0.4 is 11.2 Å². The van der Waals surface area contributed by atoms with E-state index in [0.29, 0.717) is 0 Å². The lowest BCUT2D eigenvalue weighted by Crippen LogP contribution is -2.40. The Bertz CT molecular complexity index is 827. The van der Waals surface area contributed by atoms with Crippen LogP contribution in [0.15, 0.2) is 21.9 Å². The minimum Gasteiger partial charge on any atom is -0.390 e. The van der Waals surface area contributed by atoms with E-state index in [1.807, 2.05) is 38.4 Å². The maximum Gasteiger partial charge on any atom is 0.346 e. The highest BCUT2D eigenvalue weighted by molar-refractivity contribution is 7.63. The lowest BCUT2D eigenvalue weighted by atomic mass is 10.2. The Morgan fingerprint density at radius 1 is 1.41 bits per heavy atom. The van der Waals surface area contributed by atoms with Crippen LogP contribution >= 0.6 is 7.87 Å². The third-order valence-corrected chi connectivity index (χ3v) is 7.76. The molecule has 0 spiro atoms. The third-order valence-electron chi connectivity index (χ3n) is 4.75. The number of nitrogens with zero attached hydrogens (tertiary/aromatic N) is 3. The van der Waals surface area contributed by atoms with Gasteiger partial charge in [-0.25, -0.2) is 9.69 Å². The van der Waals surface area contributed by atoms with Crippen molar-refractivity contribution in [2.45, 2.75) is 71.1 Å². The molecular weight excluding hydrogens is 399 g/mol. The van der Waals surface area contributed by atoms with Crippen LogP contribution in [0.25, 0.3) is 0 Å². The fourth-order valence-electron chi connectivity index (χ4n) is 3.64. The zero-order valence-corrected chi connectivity index (χ0v) is 18.1. The van der Waals surface area contributed by atoms with Gasteiger partial charge in [0.25, 0.3) is 5.56 Å². The van der Waals surface area contributed by atoms with E-state index in [9.17, 15) is 19.6 Å². The normalized spacial score (nSPS) is 24.2. The molecule has 2 heterocycles. The van der Waals surface area contributed by atoms with Gasteiger partial charge >= 0.3 is 13.6 Å². The number of aliphatic hydroxyl groups is 1. The first kappa shape index (κ1) is 23.7. The van der Waals surface area contributed by atoms with Gasteiger partial charge in [0.2, 0.25) is 0 Å². The lowest BCUT2D eigenvalue weighted by Gasteiger charge is -2.35. The Kier molecular flexibility index (Phi) is 8.11. The van der Waals surface area contributed by atoms with Crippen molar-refractivity contribution >= 4 is 7.87 Å². The van der Waals surface area contributed by atoms with E-state index in [2.05, 4.69) is 4.98 Å². The first-order valence-corrected chi connectivity index (χ1v) is 11.4. The highest BCUT2D eigenvalue weighted by Crippen LogP contribution is 2.61. The molecule has 29 heavy (non-hydrogen) atoms. The van der Waals surface area contributed by atoms with Gasteiger partial charge in [0.1, 0.15) is 25.1 Å². The van der Waals surface area contributed by atoms with Crippen molar-refractivity contribution in [3.8, 4) is 6.07 Å². The van der Waals surface area contributed by atoms with E-state index < -0.39 is 37.6 Å². The summed E-state index contributed by atoms with van der Waals surface area (Å²) in [7, 11) is -3.09. The fourth-order valence-corrected chi connectivity index (χ4v) is 6.36. The van der Waals surface area contributed by atoms with Crippen LogP contribution in [-0.2, 0) is 9.26 Å². The SMILES string of the molecule is CC(C)N(C(C)C)[P+](O)(CCC#N)OC[C@H]1O[C@@H](n2ccc(=O)[nH]c2=O)C[C@@H]1O. The molecule has 0 radical (unpaired) electrons. The van der Waals surface area contributed by atoms with Crippen LogP contribution in [0.5, 0.6) is 0 Å². The molecule has 1 aliphatic rings. The molecule has 1 aliphatic heterocycles. The summed E-state index contributed by atoms with van der Waals surface area (Å²) >= 11 is 0. The summed E-state index contributed by atoms with van der Waals surface area (Å²) in [4.78, 5) is 36.6. The highest BCUT2D eigenvalue weighted by atomic mass is 31.2. The number of nitriles is 1. The maximum absolute atomic E-state index is 12.0. The summed E-state index contributed by atoms with van der Waals surface area (Å²) in [6.45, 7) is 7.70. The first-order chi connectivity index (χ1) is 13.6. The number of ether oxygens (including phenoxy) is 1. The molecule has 11 heteroatoms. The molecule has 0 aliphatic carbocycles. The molecule has 1 saturated heterocycles. The number of aromatic nitrogens is 2. The number of hydrogen-bond acceptors (Lipinski definition) is 8. The van der Waals surface area contributed by atoms with Gasteiger partial charge in [0.05, 0.1) is 18.6 Å². The van der Waals surface area contributed by atoms with E-state index in [0.717, 1.165) is 0 Å². The highest BCUT2D eigenvalue weighted by Gasteiger charge is 2.50. The molecule has 1 fully saturated rings. The second kappa shape index (κ2) is 9.94. The van der Waals surface area contributed by atoms with Crippen molar-refractivity contribution in [2.75, 3.05) is 12.8 Å². The van der Waals surface area contributed by atoms with Crippen LogP contribution in [-0.4, -0.2) is 61.3 Å². The number of aliphatic hydroxyl groups excluding tert-OH is 1. The molecule has 1 aromatic heterocycles. The molecule has 0 bridgehead atoms. The number of nitrogens with one attached hydrogen (secondary N) is 1. The zero-order chi connectivity index (χ0) is 21.8. The largest absolute Gasteiger partial charge is 0.390 e. The van der Waals surface area contributed by atoms with E-state index in [4.69, 9.17) is 14.5 Å². The Morgan fingerprint density at radius 2 is 2.07 bits per heavy atom. The van der Waals surface area contributed by atoms with Gasteiger partial charge < -0.3 is 9.84 Å². The van der Waals surface area contributed by atoms with Gasteiger partial charge in [-0.3, -0.25) is 14.3 Å². The molecule has 0 amide bonds. The standard InChI is InChI=1S/C18H29N4O6P/c1-12(2)22(13(3)4)29(26,9-5-7-19)27-11-15-14(23)10-17(28-15)21-8-6-16(24)20-18(21)25/h6,8,12-15,17,23,26H,5,9-11H2,1-4H3/p+1/t14-,15+,17+,29?/m0/s1. The van der Waals surface area contributed by atoms with Crippen LogP contribution in [0.1, 0.15) is 46.8 Å². The molecule has 0 saturated carbocycles. The van der Waals surface area contributed by atoms with E-state index in [-0.39, 0.29) is 37.7 Å². The molecule has 2 rings (SSSR count). The number of rotatable bonds is 9. The summed E-state index contributed by atoms with van der Waals surface area (Å²) in [6.07, 6.45) is -0.622. The number of H-pyrrole nitrogens is 1. The fraction of sp³-hybridized carbons (Fsp3) is 0.722. The molecule has 3 N–H and O–H groups in total. The molecule has 0 aromatic carbocycles. The minimum absolute atomic E-state index is 0.00563. The summed E-state index contributed by atoms with van der Waals surface area (Å²) in [5, 5.41) is 19.3. The van der Waals surface area contributed by atoms with Crippen LogP contribution in [0.2, 0.25) is 0 Å². The van der Waals surface area contributed by atoms with Gasteiger partial charge in [0.15, 0.2) is 0 Å². The predicted octanol–water partition coefficient (Wildman–Crippen LogP) is 0.989. The van der Waals surface area contributed by atoms with E-state index in [1.54, 1.807) is 0 Å². The second-order valence-electron chi connectivity index (χ2n) is 7.61. The van der Waals surface area contributed by atoms with Crippen molar-refractivity contribution < 1.29 is 19.3 Å². The lowest BCUT2D eigenvalue weighted by molar-refractivity contribution is -0.0439. The van der Waals surface area contributed by atoms with Gasteiger partial charge in [-0.2, -0.15) is 9.79 Å². The summed E-state index contributed by atoms with van der Waals surface area (Å²) in [5.74, 6) is 0. The van der Waals surface area contributed by atoms with E-state index in [1.165, 1.54) is 16.8 Å². The summed E-state index contributed by atoms with van der Waals surface area (Å²) in [5.41, 5.74) is -1.14. The Balaban J connectivity index is 2.13. The maximum atomic E-state index is 12.0. The topological polar surface area (TPSA) is 141 Å². The van der Waals surface area contributed by atoms with Gasteiger partial charge in [-0.15, -0.1) is 4.67 Å². The molecule has 1 unspecified atom stereocenters. The molecular formula is C18H30N4O6P+. The van der Waals surface area contributed by atoms with Gasteiger partial charge in [0, 0.05) is 30.8 Å². The van der Waals surface area contributed by atoms with Gasteiger partial charge in [-0.05, 0) is 27.7 Å². The number of aromatic amines is 1. The Hall–Kier alpha value is -1.60. The quantitative estimate of drug-likeness (QED) is 0.494. The Morgan fingerprint density at radius 3 is 2.62 bits per heavy atom. The number of hydrogen-bond donors (Lipinski definition) is 3. The van der Waals surface area contributed by atoms with Crippen molar-refractivity contribution in [1.82, 2.24) is 14.2 Å². The van der Waals surface area contributed by atoms with Crippen molar-refractivity contribution in [3.05, 3.63) is 33.1 Å². The minimum atomic E-state index is -3.09. The van der Waals surface area contributed by atoms with E-state index >= 15 is 0 Å². The van der Waals surface area contributed by atoms with Crippen LogP contribution in [0.3, 0.4) is 0 Å². The molecule has 10 nitrogen and oxygen atoms in total. The van der Waals surface area contributed by atoms with Crippen LogP contribution in [0, 0.1) is 11.3 Å². The molecule has 1 aromatic rings. The smallest absolute Gasteiger partial charge is 0.346 e. The zero-order valence-electron chi connectivity index (χ0n) is 17.2. The second-order valence-corrected chi connectivity index (χ2v) is 10.1. The Labute approximate surface area is 170 Å². The van der Waals surface area contributed by atoms with Crippen LogP contribution in [0.4, 0.5) is 0 Å². The molecule has 162 valence electrons. The predicted molar refractivity (Wildman–Crippen MR) is 108 cm³/mol. The third kappa shape index (κ3) is 5.72. The molecule has 4 atom stereocenters. The van der Waals surface area contributed by atoms with Crippen molar-refractivity contribution in [3.63, 3.8) is 0 Å². The van der Waals surface area contributed by atoms with Crippen molar-refractivity contribution in [1.29, 1.82) is 5.26 Å². The first-order valence-electron chi connectivity index (χ1n) is 9.65. The monoisotopic (exact) mass is 429 g/mol. The average Bonchev–Trinajstić information content (AvgIpc) is 2.98. The summed E-state index contributed by atoms with van der Waals surface area (Å²) < 4.78 is 14.8. The summed E-state index contributed by atoms with van der Waals surface area (Å²) in [6, 6.07) is 3.24. The average molecular weight is 429 g/mol. The van der Waals surface area contributed by atoms with Gasteiger partial charge in [-0.1, -0.05) is 0 Å².